The molecular formula is C7H6Cl2O2S. The number of aliphatic carboxylic acids is 1. The van der Waals surface area contributed by atoms with Gasteiger partial charge in [0.1, 0.15) is 0 Å². The lowest BCUT2D eigenvalue weighted by molar-refractivity contribution is -0.136. The molecule has 0 aliphatic carbocycles. The van der Waals surface area contributed by atoms with Crippen LogP contribution in [0.1, 0.15) is 12.0 Å². The van der Waals surface area contributed by atoms with Gasteiger partial charge < -0.3 is 5.11 Å². The van der Waals surface area contributed by atoms with Crippen LogP contribution < -0.4 is 0 Å². The van der Waals surface area contributed by atoms with E-state index < -0.39 is 5.97 Å². The molecule has 12 heavy (non-hydrogen) atoms. The Kier molecular flexibility index (Phi) is 3.38. The van der Waals surface area contributed by atoms with Gasteiger partial charge in [-0.2, -0.15) is 0 Å². The van der Waals surface area contributed by atoms with E-state index in [9.17, 15) is 4.79 Å². The van der Waals surface area contributed by atoms with Crippen molar-refractivity contribution in [2.24, 2.45) is 0 Å². The Labute approximate surface area is 83.7 Å². The number of carboxylic acids is 1. The number of halogens is 2. The molecule has 0 aliphatic heterocycles. The van der Waals surface area contributed by atoms with Crippen molar-refractivity contribution in [3.63, 3.8) is 0 Å². The fraction of sp³-hybridized carbons (Fsp3) is 0.286. The van der Waals surface area contributed by atoms with E-state index in [-0.39, 0.29) is 6.42 Å². The van der Waals surface area contributed by atoms with E-state index in [1.54, 1.807) is 6.07 Å². The summed E-state index contributed by atoms with van der Waals surface area (Å²) in [5, 5.41) is 8.40. The van der Waals surface area contributed by atoms with Crippen LogP contribution in [-0.4, -0.2) is 11.1 Å². The van der Waals surface area contributed by atoms with Gasteiger partial charge in [-0.15, -0.1) is 11.3 Å². The molecule has 0 radical (unpaired) electrons. The average Bonchev–Trinajstić information content (AvgIpc) is 2.26. The Balaban J connectivity index is 2.62. The molecular weight excluding hydrogens is 219 g/mol. The van der Waals surface area contributed by atoms with Crippen molar-refractivity contribution in [3.8, 4) is 0 Å². The number of aryl methyl sites for hydroxylation is 1. The minimum absolute atomic E-state index is 0.0901. The second-order valence-corrected chi connectivity index (χ2v) is 4.53. The summed E-state index contributed by atoms with van der Waals surface area (Å²) in [7, 11) is 0. The Morgan fingerprint density at radius 2 is 2.25 bits per heavy atom. The van der Waals surface area contributed by atoms with Crippen LogP contribution in [-0.2, 0) is 11.2 Å². The summed E-state index contributed by atoms with van der Waals surface area (Å²) in [6, 6.07) is 1.71. The summed E-state index contributed by atoms with van der Waals surface area (Å²) >= 11 is 12.7. The highest BCUT2D eigenvalue weighted by Crippen LogP contribution is 2.31. The Morgan fingerprint density at radius 3 is 2.67 bits per heavy atom. The summed E-state index contributed by atoms with van der Waals surface area (Å²) < 4.78 is 1.18. The molecule has 1 aromatic rings. The highest BCUT2D eigenvalue weighted by Gasteiger charge is 2.07. The van der Waals surface area contributed by atoms with Crippen LogP contribution in [0, 0.1) is 0 Å². The molecule has 66 valence electrons. The quantitative estimate of drug-likeness (QED) is 0.858. The zero-order chi connectivity index (χ0) is 9.14. The monoisotopic (exact) mass is 224 g/mol. The van der Waals surface area contributed by atoms with E-state index in [4.69, 9.17) is 28.3 Å². The molecule has 0 aliphatic rings. The first-order chi connectivity index (χ1) is 5.59. The molecule has 5 heteroatoms. The first-order valence-corrected chi connectivity index (χ1v) is 4.82. The Morgan fingerprint density at radius 1 is 1.58 bits per heavy atom. The zero-order valence-corrected chi connectivity index (χ0v) is 8.34. The number of thiophene rings is 1. The van der Waals surface area contributed by atoms with Crippen LogP contribution in [0.3, 0.4) is 0 Å². The van der Waals surface area contributed by atoms with Gasteiger partial charge in [-0.3, -0.25) is 4.79 Å². The molecule has 0 bridgehead atoms. The summed E-state index contributed by atoms with van der Waals surface area (Å²) in [4.78, 5) is 10.2. The van der Waals surface area contributed by atoms with Crippen molar-refractivity contribution in [1.29, 1.82) is 0 Å². The molecule has 2 nitrogen and oxygen atoms in total. The van der Waals surface area contributed by atoms with E-state index >= 15 is 0 Å². The maximum Gasteiger partial charge on any atom is 0.303 e. The molecule has 0 amide bonds. The summed E-state index contributed by atoms with van der Waals surface area (Å²) in [6.07, 6.45) is 0.532. The van der Waals surface area contributed by atoms with Gasteiger partial charge in [0.2, 0.25) is 0 Å². The molecule has 1 rings (SSSR count). The normalized spacial score (nSPS) is 10.2. The molecule has 1 heterocycles. The van der Waals surface area contributed by atoms with E-state index in [1.165, 1.54) is 11.3 Å². The lowest BCUT2D eigenvalue weighted by Crippen LogP contribution is -1.96. The molecule has 0 aromatic carbocycles. The van der Waals surface area contributed by atoms with Gasteiger partial charge in [0.25, 0.3) is 0 Å². The Hall–Kier alpha value is -0.250. The van der Waals surface area contributed by atoms with Crippen LogP contribution in [0.2, 0.25) is 8.67 Å². The van der Waals surface area contributed by atoms with Crippen molar-refractivity contribution in [3.05, 3.63) is 20.3 Å². The van der Waals surface area contributed by atoms with Crippen LogP contribution in [0.25, 0.3) is 0 Å². The Bertz CT molecular complexity index is 296. The van der Waals surface area contributed by atoms with Crippen molar-refractivity contribution in [2.45, 2.75) is 12.8 Å². The zero-order valence-electron chi connectivity index (χ0n) is 6.01. The average molecular weight is 225 g/mol. The number of carbonyl (C=O) groups is 1. The van der Waals surface area contributed by atoms with Gasteiger partial charge in [0.15, 0.2) is 0 Å². The van der Waals surface area contributed by atoms with E-state index in [0.29, 0.717) is 15.1 Å². The maximum atomic E-state index is 10.2. The van der Waals surface area contributed by atoms with E-state index in [1.807, 2.05) is 0 Å². The molecule has 1 N–H and O–H groups in total. The third-order valence-corrected chi connectivity index (χ3v) is 2.90. The van der Waals surface area contributed by atoms with Gasteiger partial charge in [0.05, 0.1) is 8.67 Å². The third-order valence-electron chi connectivity index (χ3n) is 1.34. The highest BCUT2D eigenvalue weighted by atomic mass is 35.5. The number of hydrogen-bond acceptors (Lipinski definition) is 2. The van der Waals surface area contributed by atoms with Crippen molar-refractivity contribution >= 4 is 40.5 Å². The number of rotatable bonds is 3. The largest absolute Gasteiger partial charge is 0.481 e. The molecule has 0 fully saturated rings. The van der Waals surface area contributed by atoms with Gasteiger partial charge in [-0.05, 0) is 18.1 Å². The third kappa shape index (κ3) is 2.66. The molecule has 1 aromatic heterocycles. The topological polar surface area (TPSA) is 37.3 Å². The van der Waals surface area contributed by atoms with Gasteiger partial charge in [-0.1, -0.05) is 23.2 Å². The minimum atomic E-state index is -0.826. The second-order valence-electron chi connectivity index (χ2n) is 2.24. The van der Waals surface area contributed by atoms with Crippen LogP contribution in [0.4, 0.5) is 0 Å². The summed E-state index contributed by atoms with van der Waals surface area (Å²) in [5.41, 5.74) is 0.814. The standard InChI is InChI=1S/C7H6Cl2O2S/c8-5-3-4(7(9)12-5)1-2-6(10)11/h3H,1-2H2,(H,10,11). The van der Waals surface area contributed by atoms with Crippen molar-refractivity contribution < 1.29 is 9.90 Å². The summed E-state index contributed by atoms with van der Waals surface area (Å²) in [6.45, 7) is 0. The van der Waals surface area contributed by atoms with Crippen LogP contribution in [0.15, 0.2) is 6.07 Å². The van der Waals surface area contributed by atoms with Crippen LogP contribution in [0.5, 0.6) is 0 Å². The van der Waals surface area contributed by atoms with Crippen molar-refractivity contribution in [2.75, 3.05) is 0 Å². The highest BCUT2D eigenvalue weighted by molar-refractivity contribution is 7.20. The fourth-order valence-electron chi connectivity index (χ4n) is 0.786. The first-order valence-electron chi connectivity index (χ1n) is 3.25. The molecule has 0 unspecified atom stereocenters. The molecule has 0 spiro atoms. The predicted molar refractivity (Wildman–Crippen MR) is 50.3 cm³/mol. The van der Waals surface area contributed by atoms with Gasteiger partial charge >= 0.3 is 5.97 Å². The number of carboxylic acid groups (broad SMARTS) is 1. The first kappa shape index (κ1) is 9.84. The molecule has 0 saturated carbocycles. The predicted octanol–water partition coefficient (Wildman–Crippen LogP) is 3.07. The van der Waals surface area contributed by atoms with Crippen molar-refractivity contribution in [1.82, 2.24) is 0 Å². The van der Waals surface area contributed by atoms with Gasteiger partial charge in [0, 0.05) is 6.42 Å². The molecule has 0 atom stereocenters. The maximum absolute atomic E-state index is 10.2. The minimum Gasteiger partial charge on any atom is -0.481 e. The lowest BCUT2D eigenvalue weighted by Gasteiger charge is -1.92. The fourth-order valence-corrected chi connectivity index (χ4v) is 2.33. The van der Waals surface area contributed by atoms with Crippen LogP contribution >= 0.6 is 34.5 Å². The number of hydrogen-bond donors (Lipinski definition) is 1. The van der Waals surface area contributed by atoms with E-state index in [0.717, 1.165) is 5.56 Å². The second kappa shape index (κ2) is 4.12. The van der Waals surface area contributed by atoms with E-state index in [2.05, 4.69) is 0 Å². The smallest absolute Gasteiger partial charge is 0.303 e. The summed E-state index contributed by atoms with van der Waals surface area (Å²) in [5.74, 6) is -0.826. The SMILES string of the molecule is O=C(O)CCc1cc(Cl)sc1Cl. The van der Waals surface area contributed by atoms with Gasteiger partial charge in [-0.25, -0.2) is 0 Å². The lowest BCUT2D eigenvalue weighted by atomic mass is 10.2. The molecule has 0 saturated heterocycles.